The van der Waals surface area contributed by atoms with Gasteiger partial charge in [0.05, 0.1) is 35.1 Å². The zero-order valence-electron chi connectivity index (χ0n) is 25.6. The van der Waals surface area contributed by atoms with Gasteiger partial charge >= 0.3 is 17.9 Å². The van der Waals surface area contributed by atoms with Crippen molar-refractivity contribution < 1.29 is 29.7 Å². The van der Waals surface area contributed by atoms with Gasteiger partial charge in [-0.05, 0) is 85.6 Å². The van der Waals surface area contributed by atoms with Crippen LogP contribution < -0.4 is 21.4 Å². The van der Waals surface area contributed by atoms with Gasteiger partial charge in [0.1, 0.15) is 0 Å². The molecule has 5 rings (SSSR count). The van der Waals surface area contributed by atoms with Crippen LogP contribution in [0.3, 0.4) is 0 Å². The highest BCUT2D eigenvalue weighted by molar-refractivity contribution is 6.22. The number of aromatic nitrogens is 2. The van der Waals surface area contributed by atoms with Crippen LogP contribution in [0.5, 0.6) is 0 Å². The molecule has 0 saturated heterocycles. The summed E-state index contributed by atoms with van der Waals surface area (Å²) in [5, 5.41) is 32.3. The zero-order valence-corrected chi connectivity index (χ0v) is 25.6. The largest absolute Gasteiger partial charge is 0.481 e. The van der Waals surface area contributed by atoms with E-state index in [1.54, 1.807) is 6.92 Å². The smallest absolute Gasteiger partial charge is 0.338 e. The first-order chi connectivity index (χ1) is 20.9. The fraction of sp³-hybridized carbons (Fsp3) is 0.382. The maximum absolute atomic E-state index is 12.7. The maximum Gasteiger partial charge on any atom is 0.338 e. The molecular formula is C34H38N4O6. The molecule has 0 spiro atoms. The Morgan fingerprint density at radius 2 is 1.68 bits per heavy atom. The van der Waals surface area contributed by atoms with Crippen molar-refractivity contribution in [1.29, 1.82) is 0 Å². The molecule has 0 fully saturated rings. The number of allylic oxidation sites excluding steroid dienone is 1. The molecule has 0 aromatic carbocycles. The van der Waals surface area contributed by atoms with Gasteiger partial charge in [-0.25, -0.2) is 4.79 Å². The molecule has 0 amide bonds. The summed E-state index contributed by atoms with van der Waals surface area (Å²) < 4.78 is 0. The molecule has 4 unspecified atom stereocenters. The fourth-order valence-electron chi connectivity index (χ4n) is 6.93. The third-order valence-corrected chi connectivity index (χ3v) is 9.35. The molecule has 2 aromatic rings. The predicted octanol–water partition coefficient (Wildman–Crippen LogP) is 2.47. The molecule has 3 aliphatic rings. The van der Waals surface area contributed by atoms with Crippen molar-refractivity contribution >= 4 is 59.2 Å². The number of nitrogens with one attached hydrogen (secondary N) is 2. The van der Waals surface area contributed by atoms with E-state index >= 15 is 0 Å². The minimum Gasteiger partial charge on any atom is -0.481 e. The average molecular weight is 599 g/mol. The van der Waals surface area contributed by atoms with Crippen molar-refractivity contribution in [1.82, 2.24) is 9.97 Å². The third kappa shape index (κ3) is 5.29. The number of aromatic carboxylic acids is 1. The monoisotopic (exact) mass is 598 g/mol. The number of nitrogens with zero attached hydrogens (tertiary/aromatic N) is 2. The highest BCUT2D eigenvalue weighted by Gasteiger charge is 2.39. The Hall–Kier alpha value is -4.73. The Balaban J connectivity index is 1.94. The first-order valence-corrected chi connectivity index (χ1v) is 14.9. The molecule has 3 aliphatic heterocycles. The van der Waals surface area contributed by atoms with Crippen molar-refractivity contribution in [2.45, 2.75) is 72.4 Å². The van der Waals surface area contributed by atoms with Crippen molar-refractivity contribution in [3.63, 3.8) is 0 Å². The van der Waals surface area contributed by atoms with Crippen LogP contribution in [-0.2, 0) is 9.59 Å². The Kier molecular flexibility index (Phi) is 8.20. The number of rotatable bonds is 8. The van der Waals surface area contributed by atoms with Crippen LogP contribution in [0, 0.1) is 25.7 Å². The number of hydrogen-bond donors (Lipinski definition) is 5. The second-order valence-electron chi connectivity index (χ2n) is 11.8. The highest BCUT2D eigenvalue weighted by Crippen LogP contribution is 2.37. The van der Waals surface area contributed by atoms with Gasteiger partial charge in [-0.15, -0.1) is 0 Å². The molecule has 0 aliphatic carbocycles. The van der Waals surface area contributed by atoms with E-state index in [2.05, 4.69) is 36.5 Å². The molecule has 2 aromatic heterocycles. The van der Waals surface area contributed by atoms with Crippen LogP contribution in [0.15, 0.2) is 27.7 Å². The first-order valence-electron chi connectivity index (χ1n) is 14.9. The van der Waals surface area contributed by atoms with Crippen LogP contribution in [0.25, 0.3) is 29.9 Å². The summed E-state index contributed by atoms with van der Waals surface area (Å²) in [5.74, 6) is -3.88. The molecule has 0 saturated carbocycles. The van der Waals surface area contributed by atoms with Gasteiger partial charge < -0.3 is 25.3 Å². The SMILES string of the molecule is C=Cc1c(C)c2[nH]c1=CC1N=C(C=c3[nH]c(c(C(=O)O)c3C)=C(CC(=O)O)C3N=C(C=2)C(C)C3CCC(=O)O)C(CC)=C1C. The van der Waals surface area contributed by atoms with Crippen molar-refractivity contribution in [2.24, 2.45) is 21.8 Å². The Labute approximate surface area is 254 Å². The quantitative estimate of drug-likeness (QED) is 0.313. The molecule has 5 N–H and O–H groups in total. The summed E-state index contributed by atoms with van der Waals surface area (Å²) in [6, 6.07) is -0.991. The predicted molar refractivity (Wildman–Crippen MR) is 171 cm³/mol. The van der Waals surface area contributed by atoms with Gasteiger partial charge in [-0.1, -0.05) is 26.5 Å². The number of aliphatic carboxylic acids is 2. The van der Waals surface area contributed by atoms with Crippen molar-refractivity contribution in [2.75, 3.05) is 0 Å². The summed E-state index contributed by atoms with van der Waals surface area (Å²) >= 11 is 0. The van der Waals surface area contributed by atoms with Crippen LogP contribution >= 0.6 is 0 Å². The third-order valence-electron chi connectivity index (χ3n) is 9.35. The lowest BCUT2D eigenvalue weighted by atomic mass is 9.80. The minimum atomic E-state index is -1.19. The summed E-state index contributed by atoms with van der Waals surface area (Å²) in [6.45, 7) is 13.8. The Morgan fingerprint density at radius 3 is 2.30 bits per heavy atom. The highest BCUT2D eigenvalue weighted by atomic mass is 16.4. The number of fused-ring (bicyclic) bond motifs is 6. The normalized spacial score (nSPS) is 22.5. The van der Waals surface area contributed by atoms with Crippen LogP contribution in [-0.4, -0.2) is 66.7 Å². The maximum atomic E-state index is 12.7. The second kappa shape index (κ2) is 11.7. The molecule has 10 heteroatoms. The summed E-state index contributed by atoms with van der Waals surface area (Å²) in [6.07, 6.45) is 8.04. The van der Waals surface area contributed by atoms with Gasteiger partial charge in [-0.3, -0.25) is 19.6 Å². The molecule has 8 bridgehead atoms. The number of carboxylic acids is 3. The number of H-pyrrole nitrogens is 2. The Bertz CT molecular complexity index is 1950. The Morgan fingerprint density at radius 1 is 0.977 bits per heavy atom. The molecule has 0 radical (unpaired) electrons. The lowest BCUT2D eigenvalue weighted by Crippen LogP contribution is -2.30. The van der Waals surface area contributed by atoms with E-state index in [9.17, 15) is 29.7 Å². The molecule has 10 nitrogen and oxygen atoms in total. The molecule has 44 heavy (non-hydrogen) atoms. The zero-order chi connectivity index (χ0) is 32.0. The number of carboxylic acid groups (broad SMARTS) is 3. The van der Waals surface area contributed by atoms with Crippen LogP contribution in [0.4, 0.5) is 0 Å². The molecular weight excluding hydrogens is 560 g/mol. The van der Waals surface area contributed by atoms with Gasteiger partial charge in [0.2, 0.25) is 0 Å². The lowest BCUT2D eigenvalue weighted by molar-refractivity contribution is -0.138. The van der Waals surface area contributed by atoms with Crippen LogP contribution in [0.1, 0.15) is 73.5 Å². The van der Waals surface area contributed by atoms with Crippen LogP contribution in [0.2, 0.25) is 0 Å². The van der Waals surface area contributed by atoms with Gasteiger partial charge in [-0.2, -0.15) is 0 Å². The summed E-state index contributed by atoms with van der Waals surface area (Å²) in [4.78, 5) is 53.5. The summed E-state index contributed by atoms with van der Waals surface area (Å²) in [5.41, 5.74) is 6.23. The van der Waals surface area contributed by atoms with E-state index in [1.165, 1.54) is 0 Å². The van der Waals surface area contributed by atoms with Gasteiger partial charge in [0.25, 0.3) is 0 Å². The topological polar surface area (TPSA) is 168 Å². The van der Waals surface area contributed by atoms with Gasteiger partial charge in [0.15, 0.2) is 0 Å². The summed E-state index contributed by atoms with van der Waals surface area (Å²) in [7, 11) is 0. The van der Waals surface area contributed by atoms with E-state index in [-0.39, 0.29) is 41.6 Å². The molecule has 230 valence electrons. The average Bonchev–Trinajstić information content (AvgIpc) is 3.63. The number of carbonyl (C=O) groups is 3. The van der Waals surface area contributed by atoms with Gasteiger partial charge in [0, 0.05) is 39.7 Å². The van der Waals surface area contributed by atoms with Crippen molar-refractivity contribution in [3.05, 3.63) is 61.4 Å². The van der Waals surface area contributed by atoms with E-state index in [0.29, 0.717) is 22.2 Å². The lowest BCUT2D eigenvalue weighted by Gasteiger charge is -2.23. The second-order valence-corrected chi connectivity index (χ2v) is 11.8. The molecule has 5 heterocycles. The standard InChI is InChI=1S/C34H38N4O6/c1-7-19-15(3)23-12-25-17(5)21(9-10-29(39)40)32(37-25)22(11-30(41)42)33-31(34(43)44)18(6)26(38-33)14-28-20(8-2)16(4)24(36-28)13-27(19)35-23/h7,12-14,17,21,24,32,35,38H,1,8-11H2,2-6H3,(H,39,40)(H,41,42)(H,43,44). The van der Waals surface area contributed by atoms with E-state index in [4.69, 9.17) is 9.98 Å². The fourth-order valence-corrected chi connectivity index (χ4v) is 6.93. The number of aromatic amines is 2. The van der Waals surface area contributed by atoms with E-state index in [1.807, 2.05) is 32.1 Å². The first kappa shape index (κ1) is 30.7. The molecule has 4 atom stereocenters. The number of hydrogen-bond acceptors (Lipinski definition) is 5. The number of aliphatic imine (C=N–C) groups is 2. The minimum absolute atomic E-state index is 0.0189. The van der Waals surface area contributed by atoms with E-state index in [0.717, 1.165) is 45.1 Å². The van der Waals surface area contributed by atoms with E-state index < -0.39 is 30.4 Å². The van der Waals surface area contributed by atoms with Crippen molar-refractivity contribution in [3.8, 4) is 0 Å².